The third-order valence-corrected chi connectivity index (χ3v) is 7.06. The van der Waals surface area contributed by atoms with E-state index in [1.807, 2.05) is 0 Å². The largest absolute Gasteiger partial charge is 0.477 e. The van der Waals surface area contributed by atoms with E-state index in [1.54, 1.807) is 12.1 Å². The molecule has 136 valence electrons. The number of anilines is 1. The molecule has 0 aliphatic carbocycles. The third-order valence-electron chi connectivity index (χ3n) is 3.61. The number of aromatic carboxylic acids is 1. The summed E-state index contributed by atoms with van der Waals surface area (Å²) in [6.45, 7) is 1.37. The molecule has 0 aliphatic heterocycles. The lowest BCUT2D eigenvalue weighted by atomic mass is 10.3. The van der Waals surface area contributed by atoms with Gasteiger partial charge in [-0.05, 0) is 48.9 Å². The van der Waals surface area contributed by atoms with Crippen LogP contribution in [-0.4, -0.2) is 19.5 Å². The summed E-state index contributed by atoms with van der Waals surface area (Å²) in [7, 11) is -4.12. The fourth-order valence-corrected chi connectivity index (χ4v) is 5.31. The van der Waals surface area contributed by atoms with Gasteiger partial charge < -0.3 is 9.52 Å². The van der Waals surface area contributed by atoms with E-state index in [1.165, 1.54) is 37.5 Å². The summed E-state index contributed by atoms with van der Waals surface area (Å²) in [5.74, 6) is -1.42. The minimum absolute atomic E-state index is 0.0548. The Morgan fingerprint density at radius 2 is 2.04 bits per heavy atom. The average molecular weight is 395 g/mol. The van der Waals surface area contributed by atoms with Crippen LogP contribution in [0.25, 0.3) is 0 Å². The molecule has 0 amide bonds. The number of rotatable bonds is 6. The molecule has 0 saturated heterocycles. The van der Waals surface area contributed by atoms with E-state index < -0.39 is 21.8 Å². The molecule has 0 atom stereocenters. The summed E-state index contributed by atoms with van der Waals surface area (Å²) in [4.78, 5) is 11.2. The molecule has 3 rings (SSSR count). The van der Waals surface area contributed by atoms with Gasteiger partial charge >= 0.3 is 5.97 Å². The Morgan fingerprint density at radius 1 is 1.27 bits per heavy atom. The first-order valence-electron chi connectivity index (χ1n) is 7.43. The minimum Gasteiger partial charge on any atom is -0.477 e. The summed E-state index contributed by atoms with van der Waals surface area (Å²) in [6.07, 6.45) is 1.41. The predicted molar refractivity (Wildman–Crippen MR) is 94.5 cm³/mol. The number of thiophene rings is 1. The number of carbonyl (C=O) groups is 1. The molecule has 0 spiro atoms. The van der Waals surface area contributed by atoms with Crippen molar-refractivity contribution >= 4 is 33.0 Å². The molecule has 2 aromatic heterocycles. The van der Waals surface area contributed by atoms with Crippen LogP contribution in [0, 0.1) is 12.7 Å². The molecule has 6 nitrogen and oxygen atoms in total. The number of benzene rings is 1. The fourth-order valence-electron chi connectivity index (χ4n) is 2.39. The molecule has 0 radical (unpaired) electrons. The van der Waals surface area contributed by atoms with Crippen LogP contribution in [0.4, 0.5) is 10.1 Å². The van der Waals surface area contributed by atoms with E-state index in [-0.39, 0.29) is 21.3 Å². The SMILES string of the molecule is Cc1cc(S(=O)(=O)N(Cc2ccco2)c2cccc(F)c2)sc1C(=O)O. The van der Waals surface area contributed by atoms with Crippen molar-refractivity contribution in [2.24, 2.45) is 0 Å². The van der Waals surface area contributed by atoms with Gasteiger partial charge in [0, 0.05) is 0 Å². The zero-order valence-electron chi connectivity index (χ0n) is 13.5. The first-order valence-corrected chi connectivity index (χ1v) is 9.69. The molecule has 0 bridgehead atoms. The quantitative estimate of drug-likeness (QED) is 0.684. The predicted octanol–water partition coefficient (Wildman–Crippen LogP) is 3.88. The third kappa shape index (κ3) is 3.49. The Bertz CT molecular complexity index is 1040. The molecule has 3 aromatic rings. The van der Waals surface area contributed by atoms with E-state index in [0.29, 0.717) is 22.7 Å². The van der Waals surface area contributed by atoms with Gasteiger partial charge in [0.2, 0.25) is 0 Å². The highest BCUT2D eigenvalue weighted by molar-refractivity contribution is 7.94. The number of nitrogens with zero attached hydrogens (tertiary/aromatic N) is 1. The van der Waals surface area contributed by atoms with Gasteiger partial charge in [0.15, 0.2) is 0 Å². The molecule has 0 saturated carbocycles. The average Bonchev–Trinajstić information content (AvgIpc) is 3.22. The summed E-state index contributed by atoms with van der Waals surface area (Å²) < 4.78 is 46.0. The first kappa shape index (κ1) is 18.2. The molecule has 2 heterocycles. The van der Waals surface area contributed by atoms with Crippen LogP contribution in [0.1, 0.15) is 21.0 Å². The Hall–Kier alpha value is -2.65. The molecule has 1 N–H and O–H groups in total. The van der Waals surface area contributed by atoms with Gasteiger partial charge in [0.1, 0.15) is 20.7 Å². The lowest BCUT2D eigenvalue weighted by Crippen LogP contribution is -2.30. The van der Waals surface area contributed by atoms with Crippen LogP contribution in [0.3, 0.4) is 0 Å². The monoisotopic (exact) mass is 395 g/mol. The molecule has 0 aliphatic rings. The molecule has 9 heteroatoms. The maximum Gasteiger partial charge on any atom is 0.346 e. The van der Waals surface area contributed by atoms with Crippen LogP contribution >= 0.6 is 11.3 Å². The standard InChI is InChI=1S/C17H14FNO5S2/c1-11-8-15(25-16(11)17(20)21)26(22,23)19(10-14-6-3-7-24-14)13-5-2-4-12(18)9-13/h2-9H,10H2,1H3,(H,20,21). The lowest BCUT2D eigenvalue weighted by molar-refractivity contribution is 0.0701. The van der Waals surface area contributed by atoms with Crippen LogP contribution in [-0.2, 0) is 16.6 Å². The van der Waals surface area contributed by atoms with Crippen molar-refractivity contribution in [3.63, 3.8) is 0 Å². The van der Waals surface area contributed by atoms with Crippen LogP contribution in [0.5, 0.6) is 0 Å². The Morgan fingerprint density at radius 3 is 2.62 bits per heavy atom. The van der Waals surface area contributed by atoms with E-state index >= 15 is 0 Å². The number of halogens is 1. The van der Waals surface area contributed by atoms with E-state index in [2.05, 4.69) is 0 Å². The van der Waals surface area contributed by atoms with Crippen molar-refractivity contribution in [2.75, 3.05) is 4.31 Å². The molecule has 0 unspecified atom stereocenters. The first-order chi connectivity index (χ1) is 12.3. The van der Waals surface area contributed by atoms with Gasteiger partial charge in [-0.1, -0.05) is 6.07 Å². The highest BCUT2D eigenvalue weighted by atomic mass is 32.2. The van der Waals surface area contributed by atoms with Crippen molar-refractivity contribution < 1.29 is 27.1 Å². The Kier molecular flexibility index (Phi) is 4.84. The van der Waals surface area contributed by atoms with Gasteiger partial charge in [-0.3, -0.25) is 4.31 Å². The number of hydrogen-bond donors (Lipinski definition) is 1. The molecule has 0 fully saturated rings. The number of carboxylic acids is 1. The fraction of sp³-hybridized carbons (Fsp3) is 0.118. The van der Waals surface area contributed by atoms with Crippen LogP contribution < -0.4 is 4.31 Å². The second kappa shape index (κ2) is 6.93. The number of aryl methyl sites for hydroxylation is 1. The number of hydrogen-bond acceptors (Lipinski definition) is 5. The van der Waals surface area contributed by atoms with Crippen molar-refractivity contribution in [1.29, 1.82) is 0 Å². The topological polar surface area (TPSA) is 87.8 Å². The van der Waals surface area contributed by atoms with Crippen molar-refractivity contribution in [1.82, 2.24) is 0 Å². The van der Waals surface area contributed by atoms with E-state index in [4.69, 9.17) is 4.42 Å². The van der Waals surface area contributed by atoms with Crippen LogP contribution in [0.2, 0.25) is 0 Å². The highest BCUT2D eigenvalue weighted by Gasteiger charge is 2.30. The lowest BCUT2D eigenvalue weighted by Gasteiger charge is -2.22. The van der Waals surface area contributed by atoms with Crippen molar-refractivity contribution in [3.8, 4) is 0 Å². The normalized spacial score (nSPS) is 11.5. The maximum atomic E-state index is 13.7. The maximum absolute atomic E-state index is 13.7. The van der Waals surface area contributed by atoms with Gasteiger partial charge in [-0.25, -0.2) is 17.6 Å². The molecular formula is C17H14FNO5S2. The second-order valence-corrected chi connectivity index (χ2v) is 8.59. The second-order valence-electron chi connectivity index (χ2n) is 5.45. The number of carboxylic acid groups (broad SMARTS) is 1. The Labute approximate surface area is 153 Å². The summed E-state index contributed by atoms with van der Waals surface area (Å²) >= 11 is 0.661. The minimum atomic E-state index is -4.12. The van der Waals surface area contributed by atoms with Crippen LogP contribution in [0.15, 0.2) is 57.4 Å². The van der Waals surface area contributed by atoms with Gasteiger partial charge in [-0.15, -0.1) is 11.3 Å². The smallest absolute Gasteiger partial charge is 0.346 e. The molecule has 1 aromatic carbocycles. The van der Waals surface area contributed by atoms with E-state index in [0.717, 1.165) is 10.4 Å². The molecule has 26 heavy (non-hydrogen) atoms. The van der Waals surface area contributed by atoms with Gasteiger partial charge in [0.05, 0.1) is 18.5 Å². The number of furan rings is 1. The Balaban J connectivity index is 2.10. The summed E-state index contributed by atoms with van der Waals surface area (Å²) in [5.41, 5.74) is 0.461. The summed E-state index contributed by atoms with van der Waals surface area (Å²) in [5, 5.41) is 9.18. The van der Waals surface area contributed by atoms with Crippen molar-refractivity contribution in [3.05, 3.63) is 70.7 Å². The van der Waals surface area contributed by atoms with Crippen molar-refractivity contribution in [2.45, 2.75) is 17.7 Å². The van der Waals surface area contributed by atoms with E-state index in [9.17, 15) is 22.7 Å². The van der Waals surface area contributed by atoms with Gasteiger partial charge in [-0.2, -0.15) is 0 Å². The highest BCUT2D eigenvalue weighted by Crippen LogP contribution is 2.32. The summed E-state index contributed by atoms with van der Waals surface area (Å²) in [6, 6.07) is 9.68. The molecular weight excluding hydrogens is 381 g/mol. The number of sulfonamides is 1. The zero-order valence-corrected chi connectivity index (χ0v) is 15.2. The zero-order chi connectivity index (χ0) is 18.9. The van der Waals surface area contributed by atoms with Gasteiger partial charge in [0.25, 0.3) is 10.0 Å².